The maximum Gasteiger partial charge on any atom is 0.472 e. The molecule has 0 aromatic heterocycles. The van der Waals surface area contributed by atoms with Crippen LogP contribution >= 0.6 is 7.82 Å². The van der Waals surface area contributed by atoms with Crippen molar-refractivity contribution in [1.82, 2.24) is 5.32 Å². The van der Waals surface area contributed by atoms with Gasteiger partial charge >= 0.3 is 7.82 Å². The number of hydrogen-bond acceptors (Lipinski definition) is 5. The fraction of sp³-hybridized carbons (Fsp3) is 0.838. The van der Waals surface area contributed by atoms with E-state index in [0.717, 1.165) is 64.2 Å². The van der Waals surface area contributed by atoms with Crippen LogP contribution in [0.2, 0.25) is 0 Å². The van der Waals surface area contributed by atoms with Gasteiger partial charge < -0.3 is 19.8 Å². The van der Waals surface area contributed by atoms with Gasteiger partial charge in [0.15, 0.2) is 0 Å². The molecule has 0 aromatic carbocycles. The topological polar surface area (TPSA) is 105 Å². The number of hydrogen-bond donors (Lipinski definition) is 3. The molecule has 1 amide bonds. The number of allylic oxidation sites excluding steroid dienone is 11. The molecule has 0 aromatic rings. The zero-order chi connectivity index (χ0) is 64.8. The van der Waals surface area contributed by atoms with Crippen molar-refractivity contribution in [1.29, 1.82) is 0 Å². The molecule has 522 valence electrons. The molecular weight excluding hydrogens is 1120 g/mol. The average molecular weight is 1270 g/mol. The van der Waals surface area contributed by atoms with E-state index in [2.05, 4.69) is 79.9 Å². The minimum Gasteiger partial charge on any atom is -0.387 e. The van der Waals surface area contributed by atoms with E-state index in [9.17, 15) is 19.4 Å². The van der Waals surface area contributed by atoms with Gasteiger partial charge in [0, 0.05) is 6.42 Å². The molecule has 0 saturated heterocycles. The van der Waals surface area contributed by atoms with Crippen molar-refractivity contribution in [2.45, 2.75) is 392 Å². The number of nitrogens with one attached hydrogen (secondary N) is 1. The minimum atomic E-state index is -4.37. The van der Waals surface area contributed by atoms with Gasteiger partial charge in [-0.2, -0.15) is 0 Å². The Labute approximate surface area is 554 Å². The maximum absolute atomic E-state index is 13.1. The molecule has 9 heteroatoms. The van der Waals surface area contributed by atoms with Crippen molar-refractivity contribution < 1.29 is 32.9 Å². The summed E-state index contributed by atoms with van der Waals surface area (Å²) in [4.78, 5) is 23.5. The Balaban J connectivity index is 3.99. The summed E-state index contributed by atoms with van der Waals surface area (Å²) in [6, 6.07) is -0.866. The Morgan fingerprint density at radius 3 is 1.03 bits per heavy atom. The Morgan fingerprint density at radius 2 is 0.685 bits per heavy atom. The first-order valence-electron chi connectivity index (χ1n) is 38.8. The van der Waals surface area contributed by atoms with E-state index in [1.54, 1.807) is 6.08 Å². The number of carbonyl (C=O) groups is 1. The lowest BCUT2D eigenvalue weighted by molar-refractivity contribution is -0.870. The van der Waals surface area contributed by atoms with Crippen LogP contribution in [0.1, 0.15) is 380 Å². The van der Waals surface area contributed by atoms with E-state index in [1.165, 1.54) is 295 Å². The standard InChI is InChI=1S/C80H151N2O6P/c1-6-8-10-12-14-16-18-20-22-24-26-28-30-32-34-36-38-39-40-41-42-43-44-46-48-50-52-54-56-58-60-62-64-66-68-70-72-74-80(84)81-78(77-88-89(85,86)87-76-75-82(3,4)5)79(83)73-71-69-67-65-63-61-59-57-55-53-51-49-47-45-37-35-33-31-29-27-25-23-21-19-17-15-13-11-9-7-2/h8,10,14,16,20,22,26,28,63,65,71,73,78-79,83H,6-7,9,11-13,15,17-19,21,23-25,27,29-62,64,66-70,72,74-77H2,1-5H3,(H-,81,84,85,86)/p+1/b10-8-,16-14-,22-20-,28-26-,65-63+,73-71+. The number of nitrogens with zero attached hydrogens (tertiary/aromatic N) is 1. The number of likely N-dealkylation sites (N-methyl/N-ethyl adjacent to an activating group) is 1. The predicted molar refractivity (Wildman–Crippen MR) is 392 cm³/mol. The quantitative estimate of drug-likeness (QED) is 0.0243. The normalized spacial score (nSPS) is 13.9. The number of quaternary nitrogens is 1. The largest absolute Gasteiger partial charge is 0.472 e. The highest BCUT2D eigenvalue weighted by Crippen LogP contribution is 2.43. The number of unbranched alkanes of at least 4 members (excludes halogenated alkanes) is 49. The number of aliphatic hydroxyl groups is 1. The van der Waals surface area contributed by atoms with Gasteiger partial charge in [0.2, 0.25) is 5.91 Å². The van der Waals surface area contributed by atoms with Crippen LogP contribution in [-0.4, -0.2) is 73.4 Å². The van der Waals surface area contributed by atoms with Crippen molar-refractivity contribution in [3.8, 4) is 0 Å². The first kappa shape index (κ1) is 86.9. The highest BCUT2D eigenvalue weighted by molar-refractivity contribution is 7.47. The lowest BCUT2D eigenvalue weighted by atomic mass is 10.0. The van der Waals surface area contributed by atoms with Gasteiger partial charge in [-0.25, -0.2) is 4.57 Å². The van der Waals surface area contributed by atoms with E-state index >= 15 is 0 Å². The van der Waals surface area contributed by atoms with Crippen LogP contribution in [-0.2, 0) is 18.4 Å². The first-order valence-corrected chi connectivity index (χ1v) is 40.3. The Morgan fingerprint density at radius 1 is 0.393 bits per heavy atom. The zero-order valence-electron chi connectivity index (χ0n) is 59.9. The number of phosphoric ester groups is 1. The lowest BCUT2D eigenvalue weighted by Gasteiger charge is -2.25. The molecule has 0 rings (SSSR count). The molecule has 0 aliphatic rings. The van der Waals surface area contributed by atoms with Crippen molar-refractivity contribution >= 4 is 13.7 Å². The summed E-state index contributed by atoms with van der Waals surface area (Å²) < 4.78 is 23.9. The van der Waals surface area contributed by atoms with Crippen molar-refractivity contribution in [3.63, 3.8) is 0 Å². The van der Waals surface area contributed by atoms with Crippen molar-refractivity contribution in [2.24, 2.45) is 0 Å². The van der Waals surface area contributed by atoms with Gasteiger partial charge in [0.1, 0.15) is 13.2 Å². The Kier molecular flexibility index (Phi) is 68.6. The third-order valence-electron chi connectivity index (χ3n) is 17.7. The van der Waals surface area contributed by atoms with E-state index in [1.807, 2.05) is 27.2 Å². The molecule has 0 saturated carbocycles. The second-order valence-corrected chi connectivity index (χ2v) is 29.2. The number of aliphatic hydroxyl groups excluding tert-OH is 1. The summed E-state index contributed by atoms with van der Waals surface area (Å²) in [5.41, 5.74) is 0. The third kappa shape index (κ3) is 73.2. The van der Waals surface area contributed by atoms with Gasteiger partial charge in [-0.05, 0) is 70.6 Å². The zero-order valence-corrected chi connectivity index (χ0v) is 60.8. The van der Waals surface area contributed by atoms with Gasteiger partial charge in [-0.3, -0.25) is 13.8 Å². The molecule has 89 heavy (non-hydrogen) atoms. The summed E-state index contributed by atoms with van der Waals surface area (Å²) in [7, 11) is 1.57. The van der Waals surface area contributed by atoms with E-state index in [4.69, 9.17) is 9.05 Å². The fourth-order valence-corrected chi connectivity index (χ4v) is 12.4. The second-order valence-electron chi connectivity index (χ2n) is 27.7. The van der Waals surface area contributed by atoms with Crippen LogP contribution in [0.3, 0.4) is 0 Å². The molecule has 3 unspecified atom stereocenters. The SMILES string of the molecule is CC/C=C\C/C=C\C/C=C\C/C=C\CCCCCCCCCCCCCCCCCCCCCCCCCCC(=O)NC(COP(=O)(O)OCC[N+](C)(C)C)C(O)/C=C/CC/C=C/CCCCCCCCCCCCCCCCCCCCCCCCCC. The summed E-state index contributed by atoms with van der Waals surface area (Å²) in [6.07, 6.45) is 99.5. The molecule has 3 atom stereocenters. The molecule has 3 N–H and O–H groups in total. The van der Waals surface area contributed by atoms with E-state index in [-0.39, 0.29) is 19.1 Å². The smallest absolute Gasteiger partial charge is 0.387 e. The van der Waals surface area contributed by atoms with E-state index < -0.39 is 20.0 Å². The van der Waals surface area contributed by atoms with E-state index in [0.29, 0.717) is 17.4 Å². The van der Waals surface area contributed by atoms with Crippen molar-refractivity contribution in [3.05, 3.63) is 72.9 Å². The summed E-state index contributed by atoms with van der Waals surface area (Å²) in [5.74, 6) is -0.180. The average Bonchev–Trinajstić information content (AvgIpc) is 3.57. The Hall–Kier alpha value is -2.06. The predicted octanol–water partition coefficient (Wildman–Crippen LogP) is 25.3. The molecule has 0 bridgehead atoms. The number of phosphoric acid groups is 1. The van der Waals surface area contributed by atoms with Crippen LogP contribution in [0.4, 0.5) is 0 Å². The molecule has 0 fully saturated rings. The molecular formula is C80H152N2O6P+. The van der Waals surface area contributed by atoms with Crippen molar-refractivity contribution in [2.75, 3.05) is 40.9 Å². The highest BCUT2D eigenvalue weighted by atomic mass is 31.2. The molecule has 8 nitrogen and oxygen atoms in total. The van der Waals surface area contributed by atoms with Crippen LogP contribution < -0.4 is 5.32 Å². The summed E-state index contributed by atoms with van der Waals surface area (Å²) in [6.45, 7) is 4.74. The number of amides is 1. The second kappa shape index (κ2) is 70.3. The Bertz CT molecular complexity index is 1680. The van der Waals surface area contributed by atoms with Gasteiger partial charge in [-0.15, -0.1) is 0 Å². The van der Waals surface area contributed by atoms with Gasteiger partial charge in [-0.1, -0.05) is 376 Å². The third-order valence-corrected chi connectivity index (χ3v) is 18.6. The minimum absolute atomic E-state index is 0.0567. The fourth-order valence-electron chi connectivity index (χ4n) is 11.7. The summed E-state index contributed by atoms with van der Waals surface area (Å²) >= 11 is 0. The number of rotatable bonds is 72. The lowest BCUT2D eigenvalue weighted by Crippen LogP contribution is -2.45. The number of carbonyl (C=O) groups excluding carboxylic acids is 1. The van der Waals surface area contributed by atoms with Crippen LogP contribution in [0.25, 0.3) is 0 Å². The molecule has 0 aliphatic carbocycles. The van der Waals surface area contributed by atoms with Gasteiger partial charge in [0.25, 0.3) is 0 Å². The van der Waals surface area contributed by atoms with Crippen LogP contribution in [0.5, 0.6) is 0 Å². The molecule has 0 heterocycles. The first-order chi connectivity index (χ1) is 43.5. The van der Waals surface area contributed by atoms with Crippen LogP contribution in [0, 0.1) is 0 Å². The molecule has 0 aliphatic heterocycles. The summed E-state index contributed by atoms with van der Waals surface area (Å²) in [5, 5.41) is 14.0. The molecule has 0 radical (unpaired) electrons. The van der Waals surface area contributed by atoms with Gasteiger partial charge in [0.05, 0.1) is 39.9 Å². The van der Waals surface area contributed by atoms with Crippen LogP contribution in [0.15, 0.2) is 72.9 Å². The monoisotopic (exact) mass is 1270 g/mol. The highest BCUT2D eigenvalue weighted by Gasteiger charge is 2.28. The molecule has 0 spiro atoms. The maximum atomic E-state index is 13.1.